The van der Waals surface area contributed by atoms with Gasteiger partial charge in [-0.3, -0.25) is 14.6 Å². The van der Waals surface area contributed by atoms with Crippen LogP contribution in [-0.4, -0.2) is 23.9 Å². The van der Waals surface area contributed by atoms with Gasteiger partial charge in [0, 0.05) is 23.5 Å². The molecule has 0 atom stereocenters. The van der Waals surface area contributed by atoms with Crippen LogP contribution in [0.5, 0.6) is 5.75 Å². The molecule has 2 amide bonds. The Morgan fingerprint density at radius 2 is 1.81 bits per heavy atom. The number of carbonyl (C=O) groups excluding carboxylic acids is 2. The number of hydrogen-bond donors (Lipinski definition) is 0. The summed E-state index contributed by atoms with van der Waals surface area (Å²) in [5.41, 5.74) is 3.00. The summed E-state index contributed by atoms with van der Waals surface area (Å²) in [5.74, 6) is -0.0672. The Morgan fingerprint density at radius 3 is 2.52 bits per heavy atom. The van der Waals surface area contributed by atoms with E-state index in [0.29, 0.717) is 22.6 Å². The van der Waals surface area contributed by atoms with Crippen LogP contribution in [0.25, 0.3) is 11.6 Å². The standard InChI is InChI=1S/C22H16N2O3/c1-27-17-10-8-16(9-11-17)21(25)24-20-7-3-2-6-18(20)19(22(24)26)13-15-5-4-12-23-14-15/h2-14H,1H3. The highest BCUT2D eigenvalue weighted by molar-refractivity contribution is 6.43. The number of carbonyl (C=O) groups is 2. The molecule has 0 saturated carbocycles. The Morgan fingerprint density at radius 1 is 1.04 bits per heavy atom. The number of aromatic nitrogens is 1. The Hall–Kier alpha value is -3.73. The quantitative estimate of drug-likeness (QED) is 0.529. The van der Waals surface area contributed by atoms with Crippen molar-refractivity contribution in [3.63, 3.8) is 0 Å². The lowest BCUT2D eigenvalue weighted by atomic mass is 10.1. The average molecular weight is 356 g/mol. The van der Waals surface area contributed by atoms with Gasteiger partial charge in [-0.15, -0.1) is 0 Å². The number of hydrogen-bond acceptors (Lipinski definition) is 4. The molecule has 5 nitrogen and oxygen atoms in total. The molecular formula is C22H16N2O3. The Balaban J connectivity index is 1.77. The van der Waals surface area contributed by atoms with E-state index in [0.717, 1.165) is 11.1 Å². The molecule has 0 N–H and O–H groups in total. The van der Waals surface area contributed by atoms with Crippen LogP contribution in [0.2, 0.25) is 0 Å². The minimum atomic E-state index is -0.371. The summed E-state index contributed by atoms with van der Waals surface area (Å²) < 4.78 is 5.13. The molecule has 2 aromatic carbocycles. The zero-order chi connectivity index (χ0) is 18.8. The molecule has 4 rings (SSSR count). The summed E-state index contributed by atoms with van der Waals surface area (Å²) in [6, 6.07) is 17.7. The van der Waals surface area contributed by atoms with Crippen molar-refractivity contribution in [1.82, 2.24) is 4.98 Å². The van der Waals surface area contributed by atoms with Gasteiger partial charge in [-0.1, -0.05) is 24.3 Å². The van der Waals surface area contributed by atoms with E-state index in [1.54, 1.807) is 62.0 Å². The number of ether oxygens (including phenoxy) is 1. The van der Waals surface area contributed by atoms with Crippen LogP contribution in [0.4, 0.5) is 5.69 Å². The molecule has 3 aromatic rings. The molecular weight excluding hydrogens is 340 g/mol. The second-order valence-corrected chi connectivity index (χ2v) is 6.04. The zero-order valence-corrected chi connectivity index (χ0v) is 14.6. The molecule has 0 saturated heterocycles. The van der Waals surface area contributed by atoms with Crippen LogP contribution < -0.4 is 9.64 Å². The molecule has 27 heavy (non-hydrogen) atoms. The highest BCUT2D eigenvalue weighted by Gasteiger charge is 2.36. The van der Waals surface area contributed by atoms with E-state index >= 15 is 0 Å². The fourth-order valence-electron chi connectivity index (χ4n) is 3.07. The van der Waals surface area contributed by atoms with Crippen LogP contribution in [-0.2, 0) is 4.79 Å². The maximum absolute atomic E-state index is 13.1. The molecule has 1 aliphatic rings. The highest BCUT2D eigenvalue weighted by atomic mass is 16.5. The molecule has 1 aliphatic heterocycles. The van der Waals surface area contributed by atoms with Crippen molar-refractivity contribution in [3.8, 4) is 5.75 Å². The van der Waals surface area contributed by atoms with Crippen molar-refractivity contribution in [2.45, 2.75) is 0 Å². The Bertz CT molecular complexity index is 1040. The number of anilines is 1. The number of para-hydroxylation sites is 1. The van der Waals surface area contributed by atoms with E-state index in [2.05, 4.69) is 4.98 Å². The number of benzene rings is 2. The highest BCUT2D eigenvalue weighted by Crippen LogP contribution is 2.38. The van der Waals surface area contributed by atoms with Gasteiger partial charge in [0.1, 0.15) is 5.75 Å². The van der Waals surface area contributed by atoms with Gasteiger partial charge in [0.25, 0.3) is 11.8 Å². The van der Waals surface area contributed by atoms with Gasteiger partial charge in [-0.05, 0) is 48.0 Å². The lowest BCUT2D eigenvalue weighted by Crippen LogP contribution is -2.33. The molecule has 1 aromatic heterocycles. The van der Waals surface area contributed by atoms with Crippen molar-refractivity contribution in [3.05, 3.63) is 89.7 Å². The number of pyridine rings is 1. The summed E-state index contributed by atoms with van der Waals surface area (Å²) in [6.07, 6.45) is 5.11. The summed E-state index contributed by atoms with van der Waals surface area (Å²) >= 11 is 0. The van der Waals surface area contributed by atoms with E-state index in [9.17, 15) is 9.59 Å². The summed E-state index contributed by atoms with van der Waals surface area (Å²) in [7, 11) is 1.56. The van der Waals surface area contributed by atoms with Crippen LogP contribution in [0.1, 0.15) is 21.5 Å². The predicted molar refractivity (Wildman–Crippen MR) is 103 cm³/mol. The van der Waals surface area contributed by atoms with E-state index in [-0.39, 0.29) is 11.8 Å². The lowest BCUT2D eigenvalue weighted by Gasteiger charge is -2.15. The average Bonchev–Trinajstić information content (AvgIpc) is 3.00. The number of nitrogens with zero attached hydrogens (tertiary/aromatic N) is 2. The van der Waals surface area contributed by atoms with Gasteiger partial charge in [0.2, 0.25) is 0 Å². The van der Waals surface area contributed by atoms with Gasteiger partial charge < -0.3 is 4.74 Å². The van der Waals surface area contributed by atoms with Crippen LogP contribution in [0.15, 0.2) is 73.1 Å². The number of methoxy groups -OCH3 is 1. The molecule has 2 heterocycles. The van der Waals surface area contributed by atoms with Gasteiger partial charge in [0.05, 0.1) is 18.4 Å². The zero-order valence-electron chi connectivity index (χ0n) is 14.6. The molecule has 0 aliphatic carbocycles. The van der Waals surface area contributed by atoms with Gasteiger partial charge in [-0.25, -0.2) is 4.90 Å². The monoisotopic (exact) mass is 356 g/mol. The molecule has 0 spiro atoms. The molecule has 132 valence electrons. The van der Waals surface area contributed by atoms with Crippen molar-refractivity contribution in [2.24, 2.45) is 0 Å². The topological polar surface area (TPSA) is 59.5 Å². The van der Waals surface area contributed by atoms with E-state index in [1.807, 2.05) is 24.3 Å². The second kappa shape index (κ2) is 6.88. The molecule has 0 fully saturated rings. The lowest BCUT2D eigenvalue weighted by molar-refractivity contribution is -0.112. The largest absolute Gasteiger partial charge is 0.497 e. The Labute approximate surface area is 156 Å². The van der Waals surface area contributed by atoms with E-state index < -0.39 is 0 Å². The molecule has 0 bridgehead atoms. The first-order chi connectivity index (χ1) is 13.2. The maximum Gasteiger partial charge on any atom is 0.266 e. The fraction of sp³-hybridized carbons (Fsp3) is 0.0455. The first-order valence-corrected chi connectivity index (χ1v) is 8.43. The van der Waals surface area contributed by atoms with E-state index in [1.165, 1.54) is 4.90 Å². The molecule has 0 unspecified atom stereocenters. The SMILES string of the molecule is COc1ccc(C(=O)N2C(=O)C(=Cc3cccnc3)c3ccccc32)cc1. The van der Waals surface area contributed by atoms with Gasteiger partial charge >= 0.3 is 0 Å². The second-order valence-electron chi connectivity index (χ2n) is 6.04. The van der Waals surface area contributed by atoms with Gasteiger partial charge in [-0.2, -0.15) is 0 Å². The van der Waals surface area contributed by atoms with Crippen molar-refractivity contribution < 1.29 is 14.3 Å². The number of rotatable bonds is 3. The number of amides is 2. The van der Waals surface area contributed by atoms with Crippen LogP contribution in [0.3, 0.4) is 0 Å². The first-order valence-electron chi connectivity index (χ1n) is 8.43. The fourth-order valence-corrected chi connectivity index (χ4v) is 3.07. The maximum atomic E-state index is 13.1. The third-order valence-corrected chi connectivity index (χ3v) is 4.40. The van der Waals surface area contributed by atoms with Crippen molar-refractivity contribution >= 4 is 29.2 Å². The number of fused-ring (bicyclic) bond motifs is 1. The van der Waals surface area contributed by atoms with E-state index in [4.69, 9.17) is 4.74 Å². The Kier molecular flexibility index (Phi) is 4.26. The molecule has 0 radical (unpaired) electrons. The van der Waals surface area contributed by atoms with Gasteiger partial charge in [0.15, 0.2) is 0 Å². The normalized spacial score (nSPS) is 14.3. The smallest absolute Gasteiger partial charge is 0.266 e. The molecule has 5 heteroatoms. The van der Waals surface area contributed by atoms with Crippen LogP contribution in [0, 0.1) is 0 Å². The summed E-state index contributed by atoms with van der Waals surface area (Å²) in [4.78, 5) is 31.4. The third kappa shape index (κ3) is 3.00. The summed E-state index contributed by atoms with van der Waals surface area (Å²) in [6.45, 7) is 0. The minimum absolute atomic E-state index is 0.346. The van der Waals surface area contributed by atoms with Crippen molar-refractivity contribution in [1.29, 1.82) is 0 Å². The number of imide groups is 1. The van der Waals surface area contributed by atoms with Crippen LogP contribution >= 0.6 is 0 Å². The predicted octanol–water partition coefficient (Wildman–Crippen LogP) is 3.82. The summed E-state index contributed by atoms with van der Waals surface area (Å²) in [5, 5.41) is 0. The first kappa shape index (κ1) is 16.7. The van der Waals surface area contributed by atoms with Crippen molar-refractivity contribution in [2.75, 3.05) is 12.0 Å². The third-order valence-electron chi connectivity index (χ3n) is 4.40. The minimum Gasteiger partial charge on any atom is -0.497 e.